The minimum Gasteiger partial charge on any atom is -0.368 e. The van der Waals surface area contributed by atoms with Crippen LogP contribution in [-0.4, -0.2) is 17.5 Å². The van der Waals surface area contributed by atoms with Gasteiger partial charge in [-0.1, -0.05) is 17.7 Å². The molecule has 0 spiro atoms. The second-order valence-corrected chi connectivity index (χ2v) is 3.73. The summed E-state index contributed by atoms with van der Waals surface area (Å²) >= 11 is 0. The third kappa shape index (κ3) is 1.11. The molecule has 3 unspecified atom stereocenters. The highest BCUT2D eigenvalue weighted by Gasteiger charge is 2.37. The van der Waals surface area contributed by atoms with Crippen molar-refractivity contribution in [3.63, 3.8) is 0 Å². The van der Waals surface area contributed by atoms with Crippen molar-refractivity contribution in [2.24, 2.45) is 5.92 Å². The lowest BCUT2D eigenvalue weighted by Gasteiger charge is -2.12. The number of hydrogen-bond acceptors (Lipinski definition) is 2. The summed E-state index contributed by atoms with van der Waals surface area (Å²) in [6.07, 6.45) is 4.59. The van der Waals surface area contributed by atoms with E-state index in [2.05, 4.69) is 26.0 Å². The van der Waals surface area contributed by atoms with Crippen molar-refractivity contribution in [1.29, 1.82) is 0 Å². The Kier molecular flexibility index (Phi) is 1.81. The Morgan fingerprint density at radius 1 is 1.58 bits per heavy atom. The van der Waals surface area contributed by atoms with Crippen molar-refractivity contribution in [3.8, 4) is 0 Å². The number of hydrogen-bond donors (Lipinski definition) is 1. The summed E-state index contributed by atoms with van der Waals surface area (Å²) < 4.78 is 5.39. The molecule has 1 fully saturated rings. The molecule has 0 aromatic rings. The van der Waals surface area contributed by atoms with Crippen LogP contribution in [0.15, 0.2) is 23.3 Å². The molecule has 2 rings (SSSR count). The summed E-state index contributed by atoms with van der Waals surface area (Å²) in [5, 5.41) is 9.26. The first-order chi connectivity index (χ1) is 5.68. The zero-order valence-corrected chi connectivity index (χ0v) is 7.45. The average molecular weight is 166 g/mol. The Balaban J connectivity index is 2.25. The molecule has 1 heterocycles. The monoisotopic (exact) mass is 166 g/mol. The predicted molar refractivity (Wildman–Crippen MR) is 46.5 cm³/mol. The highest BCUT2D eigenvalue weighted by Crippen LogP contribution is 2.37. The normalized spacial score (nSPS) is 38.9. The molecule has 0 aromatic heterocycles. The maximum absolute atomic E-state index is 9.26. The Morgan fingerprint density at radius 2 is 2.33 bits per heavy atom. The molecule has 0 aromatic carbocycles. The molecule has 0 bridgehead atoms. The fourth-order valence-electron chi connectivity index (χ4n) is 1.94. The van der Waals surface area contributed by atoms with Crippen LogP contribution in [0.25, 0.3) is 0 Å². The number of ether oxygens (including phenoxy) is 1. The maximum atomic E-state index is 9.26. The number of aliphatic hydroxyl groups excluding tert-OH is 1. The van der Waals surface area contributed by atoms with E-state index in [0.29, 0.717) is 5.92 Å². The first kappa shape index (κ1) is 8.02. The summed E-state index contributed by atoms with van der Waals surface area (Å²) in [6, 6.07) is 0. The summed E-state index contributed by atoms with van der Waals surface area (Å²) in [4.78, 5) is 0. The van der Waals surface area contributed by atoms with Crippen LogP contribution in [0.1, 0.15) is 20.3 Å². The minimum atomic E-state index is -0.556. The van der Waals surface area contributed by atoms with Crippen LogP contribution in [-0.2, 0) is 4.74 Å². The maximum Gasteiger partial charge on any atom is 0.156 e. The van der Waals surface area contributed by atoms with Gasteiger partial charge in [-0.15, -0.1) is 0 Å². The van der Waals surface area contributed by atoms with Crippen molar-refractivity contribution in [2.45, 2.75) is 32.7 Å². The highest BCUT2D eigenvalue weighted by atomic mass is 16.6. The van der Waals surface area contributed by atoms with Gasteiger partial charge < -0.3 is 9.84 Å². The van der Waals surface area contributed by atoms with Crippen LogP contribution in [0.3, 0.4) is 0 Å². The molecular weight excluding hydrogens is 152 g/mol. The van der Waals surface area contributed by atoms with Crippen molar-refractivity contribution in [2.75, 3.05) is 0 Å². The van der Waals surface area contributed by atoms with Gasteiger partial charge >= 0.3 is 0 Å². The van der Waals surface area contributed by atoms with E-state index in [0.717, 1.165) is 6.42 Å². The van der Waals surface area contributed by atoms with Crippen LogP contribution in [0, 0.1) is 5.92 Å². The van der Waals surface area contributed by atoms with E-state index in [-0.39, 0.29) is 6.10 Å². The van der Waals surface area contributed by atoms with Gasteiger partial charge in [0.15, 0.2) is 6.29 Å². The van der Waals surface area contributed by atoms with Crippen molar-refractivity contribution in [3.05, 3.63) is 23.3 Å². The van der Waals surface area contributed by atoms with Gasteiger partial charge in [-0.3, -0.25) is 0 Å². The lowest BCUT2D eigenvalue weighted by atomic mass is 10.0. The molecule has 2 aliphatic rings. The molecular formula is C10H14O2. The Bertz CT molecular complexity index is 249. The largest absolute Gasteiger partial charge is 0.368 e. The van der Waals surface area contributed by atoms with Crippen LogP contribution < -0.4 is 0 Å². The summed E-state index contributed by atoms with van der Waals surface area (Å²) in [5.41, 5.74) is 2.53. The molecule has 2 heteroatoms. The van der Waals surface area contributed by atoms with Crippen LogP contribution in [0.2, 0.25) is 0 Å². The number of fused-ring (bicyclic) bond motifs is 1. The molecule has 0 saturated carbocycles. The van der Waals surface area contributed by atoms with Crippen LogP contribution in [0.4, 0.5) is 0 Å². The van der Waals surface area contributed by atoms with E-state index in [4.69, 9.17) is 4.74 Å². The van der Waals surface area contributed by atoms with E-state index in [9.17, 15) is 5.11 Å². The zero-order valence-electron chi connectivity index (χ0n) is 7.45. The number of allylic oxidation sites excluding steroid dienone is 1. The molecule has 0 radical (unpaired) electrons. The first-order valence-corrected chi connectivity index (χ1v) is 4.37. The SMILES string of the molecule is CC(C)=C1C=CC2CC(O)OC12. The van der Waals surface area contributed by atoms with Gasteiger partial charge in [0.05, 0.1) is 6.10 Å². The average Bonchev–Trinajstić information content (AvgIpc) is 2.43. The van der Waals surface area contributed by atoms with Crippen LogP contribution in [0.5, 0.6) is 0 Å². The fraction of sp³-hybridized carbons (Fsp3) is 0.600. The Morgan fingerprint density at radius 3 is 3.00 bits per heavy atom. The Labute approximate surface area is 72.5 Å². The van der Waals surface area contributed by atoms with Gasteiger partial charge in [-0.25, -0.2) is 0 Å². The minimum absolute atomic E-state index is 0.130. The third-order valence-electron chi connectivity index (χ3n) is 2.57. The first-order valence-electron chi connectivity index (χ1n) is 4.37. The molecule has 1 N–H and O–H groups in total. The van der Waals surface area contributed by atoms with Gasteiger partial charge in [0.1, 0.15) is 0 Å². The standard InChI is InChI=1S/C10H14O2/c1-6(2)8-4-3-7-5-9(11)12-10(7)8/h3-4,7,9-11H,5H2,1-2H3. The lowest BCUT2D eigenvalue weighted by Crippen LogP contribution is -2.13. The smallest absolute Gasteiger partial charge is 0.156 e. The van der Waals surface area contributed by atoms with Gasteiger partial charge in [0.25, 0.3) is 0 Å². The molecule has 66 valence electrons. The molecule has 2 nitrogen and oxygen atoms in total. The van der Waals surface area contributed by atoms with Crippen molar-refractivity contribution >= 4 is 0 Å². The Hall–Kier alpha value is -0.600. The van der Waals surface area contributed by atoms with E-state index >= 15 is 0 Å². The molecule has 1 aliphatic heterocycles. The molecule has 12 heavy (non-hydrogen) atoms. The summed E-state index contributed by atoms with van der Waals surface area (Å²) in [6.45, 7) is 4.16. The van der Waals surface area contributed by atoms with Gasteiger partial charge in [-0.2, -0.15) is 0 Å². The molecule has 1 aliphatic carbocycles. The van der Waals surface area contributed by atoms with Crippen molar-refractivity contribution < 1.29 is 9.84 Å². The second kappa shape index (κ2) is 2.71. The summed E-state index contributed by atoms with van der Waals surface area (Å²) in [5.74, 6) is 0.407. The topological polar surface area (TPSA) is 29.5 Å². The van der Waals surface area contributed by atoms with E-state index < -0.39 is 6.29 Å². The number of aliphatic hydroxyl groups is 1. The quantitative estimate of drug-likeness (QED) is 0.592. The second-order valence-electron chi connectivity index (χ2n) is 3.73. The third-order valence-corrected chi connectivity index (χ3v) is 2.57. The lowest BCUT2D eigenvalue weighted by molar-refractivity contribution is -0.0801. The van der Waals surface area contributed by atoms with Crippen molar-refractivity contribution in [1.82, 2.24) is 0 Å². The molecule has 1 saturated heterocycles. The molecule has 3 atom stereocenters. The highest BCUT2D eigenvalue weighted by molar-refractivity contribution is 5.36. The van der Waals surface area contributed by atoms with Crippen LogP contribution >= 0.6 is 0 Å². The van der Waals surface area contributed by atoms with Gasteiger partial charge in [0.2, 0.25) is 0 Å². The van der Waals surface area contributed by atoms with E-state index in [1.165, 1.54) is 11.1 Å². The van der Waals surface area contributed by atoms with E-state index in [1.54, 1.807) is 0 Å². The number of rotatable bonds is 0. The van der Waals surface area contributed by atoms with Gasteiger partial charge in [-0.05, 0) is 19.4 Å². The summed E-state index contributed by atoms with van der Waals surface area (Å²) in [7, 11) is 0. The zero-order chi connectivity index (χ0) is 8.72. The fourth-order valence-corrected chi connectivity index (χ4v) is 1.94. The van der Waals surface area contributed by atoms with Gasteiger partial charge in [0, 0.05) is 12.3 Å². The predicted octanol–water partition coefficient (Wildman–Crippen LogP) is 1.62. The van der Waals surface area contributed by atoms with E-state index in [1.807, 2.05) is 0 Å². The molecule has 0 amide bonds.